The first kappa shape index (κ1) is 23.7. The standard InChI is InChI=1S/C14H22O12/c1-22-13(21)5-26-9-14(6-23-2-10(15)16,7-24-3-11(17)18)8-25-4-12(19)20/h2-9H2,1H3,(H,15,16)(H,17,18)(H,19,20). The SMILES string of the molecule is COC(=O)COCC(COCC(=O)O)(COCC(=O)O)COCC(=O)O. The largest absolute Gasteiger partial charge is 0.480 e. The van der Waals surface area contributed by atoms with Gasteiger partial charge in [-0.15, -0.1) is 0 Å². The van der Waals surface area contributed by atoms with Crippen molar-refractivity contribution in [1.29, 1.82) is 0 Å². The summed E-state index contributed by atoms with van der Waals surface area (Å²) in [6.07, 6.45) is 0. The van der Waals surface area contributed by atoms with Crippen molar-refractivity contribution in [2.24, 2.45) is 5.41 Å². The lowest BCUT2D eigenvalue weighted by molar-refractivity contribution is -0.159. The number of rotatable bonds is 16. The Morgan fingerprint density at radius 2 is 0.962 bits per heavy atom. The first-order valence-electron chi connectivity index (χ1n) is 7.24. The van der Waals surface area contributed by atoms with E-state index < -0.39 is 55.7 Å². The van der Waals surface area contributed by atoms with Crippen LogP contribution in [0, 0.1) is 5.41 Å². The minimum Gasteiger partial charge on any atom is -0.480 e. The van der Waals surface area contributed by atoms with E-state index in [2.05, 4.69) is 4.74 Å². The van der Waals surface area contributed by atoms with E-state index in [4.69, 9.17) is 34.3 Å². The Balaban J connectivity index is 5.00. The zero-order chi connectivity index (χ0) is 20.0. The lowest BCUT2D eigenvalue weighted by Crippen LogP contribution is -2.43. The molecule has 0 rings (SSSR count). The van der Waals surface area contributed by atoms with Crippen molar-refractivity contribution in [3.05, 3.63) is 0 Å². The summed E-state index contributed by atoms with van der Waals surface area (Å²) < 4.78 is 24.6. The van der Waals surface area contributed by atoms with Crippen LogP contribution in [0.25, 0.3) is 0 Å². The molecule has 0 radical (unpaired) electrons. The molecule has 0 fully saturated rings. The molecule has 26 heavy (non-hydrogen) atoms. The number of carbonyl (C=O) groups excluding carboxylic acids is 1. The van der Waals surface area contributed by atoms with Crippen LogP contribution < -0.4 is 0 Å². The summed E-state index contributed by atoms with van der Waals surface area (Å²) in [4.78, 5) is 42.9. The van der Waals surface area contributed by atoms with Crippen LogP contribution in [0.1, 0.15) is 0 Å². The van der Waals surface area contributed by atoms with Gasteiger partial charge in [-0.1, -0.05) is 0 Å². The number of hydrogen-bond acceptors (Lipinski definition) is 9. The van der Waals surface area contributed by atoms with E-state index in [0.29, 0.717) is 0 Å². The van der Waals surface area contributed by atoms with Crippen molar-refractivity contribution >= 4 is 23.9 Å². The molecule has 0 aromatic heterocycles. The van der Waals surface area contributed by atoms with Crippen LogP contribution in [0.3, 0.4) is 0 Å². The molecule has 0 aromatic carbocycles. The summed E-state index contributed by atoms with van der Waals surface area (Å²) in [6.45, 7) is -3.58. The van der Waals surface area contributed by atoms with Crippen molar-refractivity contribution in [3.8, 4) is 0 Å². The lowest BCUT2D eigenvalue weighted by Gasteiger charge is -2.32. The van der Waals surface area contributed by atoms with E-state index in [-0.39, 0.29) is 26.4 Å². The predicted octanol–water partition coefficient (Wildman–Crippen LogP) is -1.53. The van der Waals surface area contributed by atoms with Gasteiger partial charge in [-0.2, -0.15) is 0 Å². The number of hydrogen-bond donors (Lipinski definition) is 3. The summed E-state index contributed by atoms with van der Waals surface area (Å²) >= 11 is 0. The molecule has 0 aliphatic heterocycles. The molecule has 12 heteroatoms. The monoisotopic (exact) mass is 382 g/mol. The third-order valence-corrected chi connectivity index (χ3v) is 2.76. The zero-order valence-electron chi connectivity index (χ0n) is 14.2. The fourth-order valence-electron chi connectivity index (χ4n) is 1.72. The van der Waals surface area contributed by atoms with Crippen molar-refractivity contribution < 1.29 is 58.2 Å². The van der Waals surface area contributed by atoms with E-state index in [1.54, 1.807) is 0 Å². The van der Waals surface area contributed by atoms with Gasteiger partial charge >= 0.3 is 23.9 Å². The van der Waals surface area contributed by atoms with Crippen LogP contribution in [0.15, 0.2) is 0 Å². The summed E-state index contributed by atoms with van der Waals surface area (Å²) in [5.41, 5.74) is -1.24. The summed E-state index contributed by atoms with van der Waals surface area (Å²) in [7, 11) is 1.15. The summed E-state index contributed by atoms with van der Waals surface area (Å²) in [6, 6.07) is 0. The second kappa shape index (κ2) is 13.0. The van der Waals surface area contributed by atoms with Crippen LogP contribution in [-0.2, 0) is 42.9 Å². The maximum atomic E-state index is 11.1. The second-order valence-electron chi connectivity index (χ2n) is 5.23. The molecule has 0 unspecified atom stereocenters. The summed E-state index contributed by atoms with van der Waals surface area (Å²) in [5.74, 6) is -4.41. The average Bonchev–Trinajstić information content (AvgIpc) is 2.53. The molecule has 150 valence electrons. The van der Waals surface area contributed by atoms with Crippen LogP contribution in [0.5, 0.6) is 0 Å². The number of carboxylic acids is 3. The molecule has 0 bridgehead atoms. The van der Waals surface area contributed by atoms with Crippen LogP contribution in [0.4, 0.5) is 0 Å². The van der Waals surface area contributed by atoms with E-state index in [1.165, 1.54) is 0 Å². The molecule has 12 nitrogen and oxygen atoms in total. The Bertz CT molecular complexity index is 424. The maximum Gasteiger partial charge on any atom is 0.331 e. The Kier molecular flexibility index (Phi) is 11.9. The van der Waals surface area contributed by atoms with Crippen LogP contribution >= 0.6 is 0 Å². The molecule has 3 N–H and O–H groups in total. The normalized spacial score (nSPS) is 11.1. The van der Waals surface area contributed by atoms with Gasteiger partial charge in [0.25, 0.3) is 0 Å². The van der Waals surface area contributed by atoms with Gasteiger partial charge in [-0.25, -0.2) is 19.2 Å². The van der Waals surface area contributed by atoms with Crippen molar-refractivity contribution in [1.82, 2.24) is 0 Å². The van der Waals surface area contributed by atoms with E-state index in [0.717, 1.165) is 7.11 Å². The Hall–Kier alpha value is -2.28. The van der Waals surface area contributed by atoms with Gasteiger partial charge in [0, 0.05) is 0 Å². The third-order valence-electron chi connectivity index (χ3n) is 2.76. The number of methoxy groups -OCH3 is 1. The molecule has 0 heterocycles. The van der Waals surface area contributed by atoms with Crippen LogP contribution in [-0.4, -0.2) is 99.2 Å². The highest BCUT2D eigenvalue weighted by molar-refractivity contribution is 5.70. The van der Waals surface area contributed by atoms with Gasteiger partial charge < -0.3 is 39.0 Å². The fraction of sp³-hybridized carbons (Fsp3) is 0.714. The third kappa shape index (κ3) is 12.1. The van der Waals surface area contributed by atoms with Gasteiger partial charge in [0.15, 0.2) is 0 Å². The first-order valence-corrected chi connectivity index (χ1v) is 7.24. The zero-order valence-corrected chi connectivity index (χ0v) is 14.2. The molecular weight excluding hydrogens is 360 g/mol. The minimum absolute atomic E-state index is 0.263. The van der Waals surface area contributed by atoms with Crippen molar-refractivity contribution in [3.63, 3.8) is 0 Å². The molecule has 0 aromatic rings. The average molecular weight is 382 g/mol. The number of carboxylic acid groups (broad SMARTS) is 3. The van der Waals surface area contributed by atoms with Crippen molar-refractivity contribution in [2.45, 2.75) is 0 Å². The Labute approximate surface area is 148 Å². The molecule has 0 saturated heterocycles. The molecule has 0 aliphatic rings. The topological polar surface area (TPSA) is 175 Å². The highest BCUT2D eigenvalue weighted by atomic mass is 16.6. The van der Waals surface area contributed by atoms with E-state index in [1.807, 2.05) is 0 Å². The van der Waals surface area contributed by atoms with E-state index in [9.17, 15) is 19.2 Å². The first-order chi connectivity index (χ1) is 12.2. The highest BCUT2D eigenvalue weighted by Crippen LogP contribution is 2.21. The van der Waals surface area contributed by atoms with Gasteiger partial charge in [-0.05, 0) is 0 Å². The smallest absolute Gasteiger partial charge is 0.331 e. The van der Waals surface area contributed by atoms with Crippen molar-refractivity contribution in [2.75, 3.05) is 60.0 Å². The summed E-state index contributed by atoms with van der Waals surface area (Å²) in [5, 5.41) is 26.0. The molecular formula is C14H22O12. The number of esters is 1. The van der Waals surface area contributed by atoms with Gasteiger partial charge in [0.2, 0.25) is 0 Å². The van der Waals surface area contributed by atoms with Gasteiger partial charge in [0.1, 0.15) is 26.4 Å². The van der Waals surface area contributed by atoms with Gasteiger partial charge in [0.05, 0.1) is 39.0 Å². The number of carbonyl (C=O) groups is 4. The van der Waals surface area contributed by atoms with Gasteiger partial charge in [-0.3, -0.25) is 0 Å². The molecule has 0 aliphatic carbocycles. The highest BCUT2D eigenvalue weighted by Gasteiger charge is 2.33. The molecule has 0 amide bonds. The number of ether oxygens (including phenoxy) is 5. The quantitative estimate of drug-likeness (QED) is 0.263. The minimum atomic E-state index is -1.24. The van der Waals surface area contributed by atoms with Crippen LogP contribution in [0.2, 0.25) is 0 Å². The Morgan fingerprint density at radius 1 is 0.654 bits per heavy atom. The second-order valence-corrected chi connectivity index (χ2v) is 5.23. The predicted molar refractivity (Wildman–Crippen MR) is 80.6 cm³/mol. The number of aliphatic carboxylic acids is 3. The van der Waals surface area contributed by atoms with E-state index >= 15 is 0 Å². The maximum absolute atomic E-state index is 11.1. The molecule has 0 spiro atoms. The lowest BCUT2D eigenvalue weighted by atomic mass is 9.92. The fourth-order valence-corrected chi connectivity index (χ4v) is 1.72. The molecule has 0 atom stereocenters. The molecule has 0 saturated carbocycles. The Morgan fingerprint density at radius 3 is 1.23 bits per heavy atom.